The molecule has 0 saturated carbocycles. The molecule has 3 N–H and O–H groups in total. The lowest BCUT2D eigenvalue weighted by atomic mass is 10.1. The molecule has 0 heterocycles. The van der Waals surface area contributed by atoms with Gasteiger partial charge in [0, 0.05) is 16.1 Å². The number of ether oxygens (including phenoxy) is 1. The summed E-state index contributed by atoms with van der Waals surface area (Å²) in [6.45, 7) is 6.12. The molecular weight excluding hydrogens is 282 g/mol. The summed E-state index contributed by atoms with van der Waals surface area (Å²) in [6.07, 6.45) is -0.463. The van der Waals surface area contributed by atoms with Gasteiger partial charge in [-0.15, -0.1) is 0 Å². The van der Waals surface area contributed by atoms with Crippen LogP contribution in [0.5, 0.6) is 5.75 Å². The number of halogens is 1. The van der Waals surface area contributed by atoms with E-state index in [1.54, 1.807) is 0 Å². The number of hydrogen-bond acceptors (Lipinski definition) is 3. The van der Waals surface area contributed by atoms with Crippen molar-refractivity contribution >= 4 is 15.9 Å². The first kappa shape index (κ1) is 14.5. The molecule has 0 aliphatic heterocycles. The molecule has 0 fully saturated rings. The lowest BCUT2D eigenvalue weighted by Crippen LogP contribution is -2.24. The molecule has 0 saturated heterocycles. The maximum atomic E-state index is 9.72. The maximum Gasteiger partial charge on any atom is 0.125 e. The first-order valence-corrected chi connectivity index (χ1v) is 6.57. The summed E-state index contributed by atoms with van der Waals surface area (Å²) in [5, 5.41) is 9.72. The molecular formula is C13H20BrNO2. The lowest BCUT2D eigenvalue weighted by molar-refractivity contribution is 0.0696. The second-order valence-corrected chi connectivity index (χ2v) is 5.51. The summed E-state index contributed by atoms with van der Waals surface area (Å²) in [5.41, 5.74) is 6.82. The lowest BCUT2D eigenvalue weighted by Gasteiger charge is -2.18. The van der Waals surface area contributed by atoms with Crippen LogP contribution in [0.15, 0.2) is 22.7 Å². The van der Waals surface area contributed by atoms with Gasteiger partial charge >= 0.3 is 0 Å². The summed E-state index contributed by atoms with van der Waals surface area (Å²) in [5.74, 6) is 0.912. The van der Waals surface area contributed by atoms with Crippen molar-refractivity contribution < 1.29 is 9.84 Å². The standard InChI is InChI=1S/C13H20BrNO2/c1-8(2)12(16)7-17-13-6-10(14)4-5-11(13)9(3)15/h4-6,8-9,12,16H,7,15H2,1-3H3. The summed E-state index contributed by atoms with van der Waals surface area (Å²) in [4.78, 5) is 0. The van der Waals surface area contributed by atoms with Crippen LogP contribution in [0.2, 0.25) is 0 Å². The molecule has 0 amide bonds. The van der Waals surface area contributed by atoms with Crippen LogP contribution in [0, 0.1) is 5.92 Å². The van der Waals surface area contributed by atoms with E-state index in [1.165, 1.54) is 0 Å². The Morgan fingerprint density at radius 3 is 2.53 bits per heavy atom. The highest BCUT2D eigenvalue weighted by molar-refractivity contribution is 9.10. The Morgan fingerprint density at radius 2 is 2.00 bits per heavy atom. The van der Waals surface area contributed by atoms with E-state index in [0.29, 0.717) is 0 Å². The fourth-order valence-corrected chi connectivity index (χ4v) is 1.72. The van der Waals surface area contributed by atoms with Crippen molar-refractivity contribution in [1.29, 1.82) is 0 Å². The Labute approximate surface area is 111 Å². The first-order chi connectivity index (χ1) is 7.91. The quantitative estimate of drug-likeness (QED) is 0.879. The fourth-order valence-electron chi connectivity index (χ4n) is 1.38. The molecule has 0 radical (unpaired) electrons. The smallest absolute Gasteiger partial charge is 0.125 e. The van der Waals surface area contributed by atoms with Gasteiger partial charge in [0.25, 0.3) is 0 Å². The van der Waals surface area contributed by atoms with Crippen LogP contribution in [-0.2, 0) is 0 Å². The van der Waals surface area contributed by atoms with Gasteiger partial charge in [-0.25, -0.2) is 0 Å². The second kappa shape index (κ2) is 6.38. The molecule has 2 unspecified atom stereocenters. The minimum Gasteiger partial charge on any atom is -0.490 e. The third kappa shape index (κ3) is 4.30. The molecule has 2 atom stereocenters. The predicted octanol–water partition coefficient (Wildman–Crippen LogP) is 2.86. The predicted molar refractivity (Wildman–Crippen MR) is 73.1 cm³/mol. The van der Waals surface area contributed by atoms with Gasteiger partial charge in [0.05, 0.1) is 6.10 Å². The molecule has 0 bridgehead atoms. The fraction of sp³-hybridized carbons (Fsp3) is 0.538. The van der Waals surface area contributed by atoms with Crippen molar-refractivity contribution in [2.45, 2.75) is 32.9 Å². The van der Waals surface area contributed by atoms with Crippen LogP contribution in [0.3, 0.4) is 0 Å². The van der Waals surface area contributed by atoms with Crippen LogP contribution >= 0.6 is 15.9 Å². The van der Waals surface area contributed by atoms with Crippen molar-refractivity contribution in [3.8, 4) is 5.75 Å². The van der Waals surface area contributed by atoms with E-state index in [0.717, 1.165) is 15.8 Å². The SMILES string of the molecule is CC(N)c1ccc(Br)cc1OCC(O)C(C)C. The Balaban J connectivity index is 2.78. The molecule has 3 nitrogen and oxygen atoms in total. The molecule has 1 aromatic rings. The number of nitrogens with two attached hydrogens (primary N) is 1. The average Bonchev–Trinajstić information content (AvgIpc) is 2.25. The third-order valence-electron chi connectivity index (χ3n) is 2.65. The van der Waals surface area contributed by atoms with Crippen LogP contribution in [0.1, 0.15) is 32.4 Å². The van der Waals surface area contributed by atoms with E-state index in [2.05, 4.69) is 15.9 Å². The first-order valence-electron chi connectivity index (χ1n) is 5.77. The molecule has 17 heavy (non-hydrogen) atoms. The van der Waals surface area contributed by atoms with Gasteiger partial charge in [0.1, 0.15) is 12.4 Å². The molecule has 0 spiro atoms. The van der Waals surface area contributed by atoms with Crippen molar-refractivity contribution in [1.82, 2.24) is 0 Å². The van der Waals surface area contributed by atoms with Crippen LogP contribution in [-0.4, -0.2) is 17.8 Å². The summed E-state index contributed by atoms with van der Waals surface area (Å²) in [7, 11) is 0. The van der Waals surface area contributed by atoms with Crippen molar-refractivity contribution in [2.75, 3.05) is 6.61 Å². The summed E-state index contributed by atoms with van der Waals surface area (Å²) in [6, 6.07) is 5.66. The third-order valence-corrected chi connectivity index (χ3v) is 3.14. The summed E-state index contributed by atoms with van der Waals surface area (Å²) < 4.78 is 6.58. The minimum absolute atomic E-state index is 0.0886. The molecule has 0 aliphatic rings. The topological polar surface area (TPSA) is 55.5 Å². The zero-order valence-corrected chi connectivity index (χ0v) is 12.1. The van der Waals surface area contributed by atoms with Gasteiger partial charge in [-0.1, -0.05) is 35.8 Å². The van der Waals surface area contributed by atoms with Gasteiger partial charge in [-0.3, -0.25) is 0 Å². The van der Waals surface area contributed by atoms with Gasteiger partial charge < -0.3 is 15.6 Å². The Kier molecular flexibility index (Phi) is 5.43. The number of rotatable bonds is 5. The number of hydrogen-bond donors (Lipinski definition) is 2. The van der Waals surface area contributed by atoms with Gasteiger partial charge in [0.2, 0.25) is 0 Å². The van der Waals surface area contributed by atoms with E-state index in [9.17, 15) is 5.11 Å². The van der Waals surface area contributed by atoms with Crippen LogP contribution in [0.4, 0.5) is 0 Å². The van der Waals surface area contributed by atoms with E-state index in [-0.39, 0.29) is 18.6 Å². The van der Waals surface area contributed by atoms with E-state index < -0.39 is 6.10 Å². The normalized spacial score (nSPS) is 14.8. The second-order valence-electron chi connectivity index (χ2n) is 4.59. The number of benzene rings is 1. The molecule has 96 valence electrons. The van der Waals surface area contributed by atoms with Crippen LogP contribution in [0.25, 0.3) is 0 Å². The highest BCUT2D eigenvalue weighted by Crippen LogP contribution is 2.27. The van der Waals surface area contributed by atoms with Crippen molar-refractivity contribution in [3.05, 3.63) is 28.2 Å². The molecule has 1 rings (SSSR count). The highest BCUT2D eigenvalue weighted by Gasteiger charge is 2.13. The zero-order chi connectivity index (χ0) is 13.0. The van der Waals surface area contributed by atoms with E-state index >= 15 is 0 Å². The average molecular weight is 302 g/mol. The maximum absolute atomic E-state index is 9.72. The molecule has 0 aliphatic carbocycles. The van der Waals surface area contributed by atoms with E-state index in [4.69, 9.17) is 10.5 Å². The summed E-state index contributed by atoms with van der Waals surface area (Å²) >= 11 is 3.40. The van der Waals surface area contributed by atoms with Gasteiger partial charge in [-0.05, 0) is 25.0 Å². The van der Waals surface area contributed by atoms with E-state index in [1.807, 2.05) is 39.0 Å². The number of aliphatic hydroxyl groups is 1. The molecule has 4 heteroatoms. The highest BCUT2D eigenvalue weighted by atomic mass is 79.9. The van der Waals surface area contributed by atoms with Gasteiger partial charge in [-0.2, -0.15) is 0 Å². The number of aliphatic hydroxyl groups excluding tert-OH is 1. The van der Waals surface area contributed by atoms with Crippen molar-refractivity contribution in [2.24, 2.45) is 11.7 Å². The Bertz CT molecular complexity index is 366. The largest absolute Gasteiger partial charge is 0.490 e. The van der Waals surface area contributed by atoms with Crippen molar-refractivity contribution in [3.63, 3.8) is 0 Å². The van der Waals surface area contributed by atoms with Crippen LogP contribution < -0.4 is 10.5 Å². The zero-order valence-electron chi connectivity index (χ0n) is 10.5. The Morgan fingerprint density at radius 1 is 1.35 bits per heavy atom. The molecule has 1 aromatic carbocycles. The monoisotopic (exact) mass is 301 g/mol. The van der Waals surface area contributed by atoms with Gasteiger partial charge in [0.15, 0.2) is 0 Å². The minimum atomic E-state index is -0.463. The Hall–Kier alpha value is -0.580. The molecule has 0 aromatic heterocycles.